The molecule has 6 heteroatoms. The summed E-state index contributed by atoms with van der Waals surface area (Å²) in [5.74, 6) is -0.378. The largest absolute Gasteiger partial charge is 0.339 e. The predicted molar refractivity (Wildman–Crippen MR) is 105 cm³/mol. The number of rotatable bonds is 3. The van der Waals surface area contributed by atoms with Gasteiger partial charge in [-0.15, -0.1) is 0 Å². The normalized spacial score (nSPS) is 14.6. The number of carbonyl (C=O) groups is 2. The third kappa shape index (κ3) is 4.37. The van der Waals surface area contributed by atoms with Crippen molar-refractivity contribution < 1.29 is 9.59 Å². The number of anilines is 1. The fraction of sp³-hybridized carbons (Fsp3) is 0.300. The van der Waals surface area contributed by atoms with Crippen LogP contribution in [0, 0.1) is 0 Å². The van der Waals surface area contributed by atoms with E-state index in [0.717, 1.165) is 38.8 Å². The molecule has 1 aliphatic rings. The van der Waals surface area contributed by atoms with E-state index in [1.54, 1.807) is 36.4 Å². The second kappa shape index (κ2) is 8.56. The molecular formula is C20H20Cl2N2O2. The highest BCUT2D eigenvalue weighted by atomic mass is 35.5. The minimum Gasteiger partial charge on any atom is -0.339 e. The summed E-state index contributed by atoms with van der Waals surface area (Å²) in [4.78, 5) is 27.3. The lowest BCUT2D eigenvalue weighted by Crippen LogP contribution is -2.32. The van der Waals surface area contributed by atoms with Gasteiger partial charge in [-0.05, 0) is 43.2 Å². The van der Waals surface area contributed by atoms with Gasteiger partial charge in [0.2, 0.25) is 0 Å². The van der Waals surface area contributed by atoms with E-state index >= 15 is 0 Å². The molecule has 0 aliphatic carbocycles. The van der Waals surface area contributed by atoms with Gasteiger partial charge in [0.05, 0.1) is 21.3 Å². The Labute approximate surface area is 163 Å². The molecule has 2 amide bonds. The van der Waals surface area contributed by atoms with Gasteiger partial charge in [0.25, 0.3) is 11.8 Å². The molecule has 0 unspecified atom stereocenters. The van der Waals surface area contributed by atoms with Crippen LogP contribution in [0.3, 0.4) is 0 Å². The molecular weight excluding hydrogens is 371 g/mol. The minimum atomic E-state index is -0.334. The molecule has 136 valence electrons. The Morgan fingerprint density at radius 3 is 2.27 bits per heavy atom. The molecule has 4 nitrogen and oxygen atoms in total. The van der Waals surface area contributed by atoms with Gasteiger partial charge in [-0.2, -0.15) is 0 Å². The number of para-hydroxylation sites is 1. The average Bonchev–Trinajstić information content (AvgIpc) is 2.93. The van der Waals surface area contributed by atoms with Crippen LogP contribution in [0.25, 0.3) is 0 Å². The summed E-state index contributed by atoms with van der Waals surface area (Å²) >= 11 is 11.9. The van der Waals surface area contributed by atoms with Crippen molar-refractivity contribution in [3.05, 3.63) is 63.6 Å². The van der Waals surface area contributed by atoms with Crippen molar-refractivity contribution in [2.45, 2.75) is 25.7 Å². The summed E-state index contributed by atoms with van der Waals surface area (Å²) in [5, 5.41) is 3.52. The van der Waals surface area contributed by atoms with Gasteiger partial charge in [0.1, 0.15) is 0 Å². The van der Waals surface area contributed by atoms with Crippen LogP contribution in [-0.2, 0) is 0 Å². The lowest BCUT2D eigenvalue weighted by Gasteiger charge is -2.22. The van der Waals surface area contributed by atoms with E-state index in [4.69, 9.17) is 23.2 Å². The summed E-state index contributed by atoms with van der Waals surface area (Å²) in [6.07, 6.45) is 4.34. The smallest absolute Gasteiger partial charge is 0.255 e. The number of carbonyl (C=O) groups excluding carboxylic acids is 2. The first-order valence-electron chi connectivity index (χ1n) is 8.71. The predicted octanol–water partition coefficient (Wildman–Crippen LogP) is 5.26. The summed E-state index contributed by atoms with van der Waals surface area (Å²) in [6.45, 7) is 1.52. The first-order chi connectivity index (χ1) is 12.6. The van der Waals surface area contributed by atoms with Crippen LogP contribution in [0.1, 0.15) is 46.4 Å². The first-order valence-corrected chi connectivity index (χ1v) is 9.46. The zero-order chi connectivity index (χ0) is 18.5. The Hall–Kier alpha value is -2.04. The highest BCUT2D eigenvalue weighted by Gasteiger charge is 2.21. The molecule has 2 aromatic rings. The molecule has 0 atom stereocenters. The topological polar surface area (TPSA) is 49.4 Å². The SMILES string of the molecule is O=C(Nc1ccccc1C(=O)N1CCCCCC1)c1ccc(Cl)c(Cl)c1. The molecule has 1 fully saturated rings. The van der Waals surface area contributed by atoms with Gasteiger partial charge in [0, 0.05) is 18.7 Å². The molecule has 1 heterocycles. The van der Waals surface area contributed by atoms with Gasteiger partial charge < -0.3 is 10.2 Å². The van der Waals surface area contributed by atoms with Crippen LogP contribution in [0.15, 0.2) is 42.5 Å². The van der Waals surface area contributed by atoms with E-state index in [1.165, 1.54) is 6.07 Å². The number of nitrogens with one attached hydrogen (secondary N) is 1. The zero-order valence-corrected chi connectivity index (χ0v) is 15.8. The summed E-state index contributed by atoms with van der Waals surface area (Å²) < 4.78 is 0. The number of halogens is 2. The summed E-state index contributed by atoms with van der Waals surface area (Å²) in [7, 11) is 0. The zero-order valence-electron chi connectivity index (χ0n) is 14.3. The Bertz CT molecular complexity index is 815. The van der Waals surface area contributed by atoms with Crippen LogP contribution in [-0.4, -0.2) is 29.8 Å². The third-order valence-corrected chi connectivity index (χ3v) is 5.22. The molecule has 1 saturated heterocycles. The van der Waals surface area contributed by atoms with Crippen molar-refractivity contribution in [1.29, 1.82) is 0 Å². The lowest BCUT2D eigenvalue weighted by atomic mass is 10.1. The molecule has 0 spiro atoms. The Balaban J connectivity index is 1.81. The van der Waals surface area contributed by atoms with E-state index in [-0.39, 0.29) is 11.8 Å². The van der Waals surface area contributed by atoms with Gasteiger partial charge in [-0.1, -0.05) is 48.2 Å². The fourth-order valence-electron chi connectivity index (χ4n) is 3.05. The van der Waals surface area contributed by atoms with Gasteiger partial charge >= 0.3 is 0 Å². The maximum atomic E-state index is 12.9. The minimum absolute atomic E-state index is 0.0445. The highest BCUT2D eigenvalue weighted by Crippen LogP contribution is 2.24. The molecule has 26 heavy (non-hydrogen) atoms. The maximum absolute atomic E-state index is 12.9. The second-order valence-electron chi connectivity index (χ2n) is 6.34. The van der Waals surface area contributed by atoms with Crippen molar-refractivity contribution in [3.8, 4) is 0 Å². The molecule has 0 saturated carbocycles. The number of nitrogens with zero attached hydrogens (tertiary/aromatic N) is 1. The third-order valence-electron chi connectivity index (χ3n) is 4.48. The number of likely N-dealkylation sites (tertiary alicyclic amines) is 1. The lowest BCUT2D eigenvalue weighted by molar-refractivity contribution is 0.0762. The quantitative estimate of drug-likeness (QED) is 0.776. The van der Waals surface area contributed by atoms with Crippen molar-refractivity contribution in [1.82, 2.24) is 4.90 Å². The van der Waals surface area contributed by atoms with E-state index in [1.807, 2.05) is 4.90 Å². The number of amides is 2. The average molecular weight is 391 g/mol. The molecule has 0 radical (unpaired) electrons. The van der Waals surface area contributed by atoms with Gasteiger partial charge in [-0.25, -0.2) is 0 Å². The summed E-state index contributed by atoms with van der Waals surface area (Å²) in [6, 6.07) is 11.8. The van der Waals surface area contributed by atoms with Gasteiger partial charge in [0.15, 0.2) is 0 Å². The molecule has 0 bridgehead atoms. The number of benzene rings is 2. The van der Waals surface area contributed by atoms with Crippen molar-refractivity contribution in [3.63, 3.8) is 0 Å². The van der Waals surface area contributed by atoms with Crippen LogP contribution >= 0.6 is 23.2 Å². The van der Waals surface area contributed by atoms with Crippen LogP contribution in [0.2, 0.25) is 10.0 Å². The second-order valence-corrected chi connectivity index (χ2v) is 7.15. The Morgan fingerprint density at radius 1 is 0.885 bits per heavy atom. The van der Waals surface area contributed by atoms with Crippen molar-refractivity contribution >= 4 is 40.7 Å². The number of hydrogen-bond acceptors (Lipinski definition) is 2. The molecule has 1 N–H and O–H groups in total. The highest BCUT2D eigenvalue weighted by molar-refractivity contribution is 6.42. The Kier molecular flexibility index (Phi) is 6.17. The van der Waals surface area contributed by atoms with Crippen LogP contribution in [0.5, 0.6) is 0 Å². The first kappa shape index (κ1) is 18.7. The molecule has 3 rings (SSSR count). The fourth-order valence-corrected chi connectivity index (χ4v) is 3.35. The van der Waals surface area contributed by atoms with Crippen molar-refractivity contribution in [2.75, 3.05) is 18.4 Å². The summed E-state index contributed by atoms with van der Waals surface area (Å²) in [5.41, 5.74) is 1.39. The monoisotopic (exact) mass is 390 g/mol. The van der Waals surface area contributed by atoms with Crippen LogP contribution in [0.4, 0.5) is 5.69 Å². The molecule has 1 aliphatic heterocycles. The number of hydrogen-bond donors (Lipinski definition) is 1. The van der Waals surface area contributed by atoms with E-state index in [0.29, 0.717) is 26.9 Å². The van der Waals surface area contributed by atoms with E-state index in [9.17, 15) is 9.59 Å². The Morgan fingerprint density at radius 2 is 1.58 bits per heavy atom. The van der Waals surface area contributed by atoms with Crippen LogP contribution < -0.4 is 5.32 Å². The maximum Gasteiger partial charge on any atom is 0.255 e. The standard InChI is InChI=1S/C20H20Cl2N2O2/c21-16-10-9-14(13-17(16)22)19(25)23-18-8-4-3-7-15(18)20(26)24-11-5-1-2-6-12-24/h3-4,7-10,13H,1-2,5-6,11-12H2,(H,23,25). The molecule has 2 aromatic carbocycles. The van der Waals surface area contributed by atoms with E-state index < -0.39 is 0 Å². The van der Waals surface area contributed by atoms with Gasteiger partial charge in [-0.3, -0.25) is 9.59 Å². The molecule has 0 aromatic heterocycles. The van der Waals surface area contributed by atoms with E-state index in [2.05, 4.69) is 5.32 Å². The van der Waals surface area contributed by atoms with Crippen molar-refractivity contribution in [2.24, 2.45) is 0 Å².